The van der Waals surface area contributed by atoms with Gasteiger partial charge in [0.2, 0.25) is 15.0 Å². The van der Waals surface area contributed by atoms with Gasteiger partial charge in [0, 0.05) is 18.2 Å². The van der Waals surface area contributed by atoms with E-state index < -0.39 is 15.4 Å². The van der Waals surface area contributed by atoms with Gasteiger partial charge in [0.15, 0.2) is 0 Å². The molecule has 0 atom stereocenters. The van der Waals surface area contributed by atoms with Crippen LogP contribution < -0.4 is 5.56 Å². The third-order valence-electron chi connectivity index (χ3n) is 2.61. The third kappa shape index (κ3) is 2.09. The number of aromatic nitrogens is 2. The highest BCUT2D eigenvalue weighted by molar-refractivity contribution is 7.90. The molecule has 1 aliphatic carbocycles. The fraction of sp³-hybridized carbons (Fsp3) is 0.556. The first kappa shape index (κ1) is 10.4. The van der Waals surface area contributed by atoms with Crippen LogP contribution >= 0.6 is 0 Å². The van der Waals surface area contributed by atoms with Crippen LogP contribution in [0.25, 0.3) is 0 Å². The van der Waals surface area contributed by atoms with Gasteiger partial charge in [-0.15, -0.1) is 0 Å². The number of hydrogen-bond acceptors (Lipinski definition) is 4. The molecule has 1 aliphatic rings. The molecule has 1 aromatic heterocycles. The van der Waals surface area contributed by atoms with Gasteiger partial charge in [-0.1, -0.05) is 6.42 Å². The zero-order valence-electron chi connectivity index (χ0n) is 8.36. The van der Waals surface area contributed by atoms with Crippen LogP contribution in [0.2, 0.25) is 0 Å². The van der Waals surface area contributed by atoms with Crippen LogP contribution in [0.4, 0.5) is 0 Å². The van der Waals surface area contributed by atoms with Gasteiger partial charge < -0.3 is 0 Å². The summed E-state index contributed by atoms with van der Waals surface area (Å²) in [5, 5.41) is -0.225. The van der Waals surface area contributed by atoms with Crippen molar-refractivity contribution < 1.29 is 8.42 Å². The molecule has 0 amide bonds. The van der Waals surface area contributed by atoms with E-state index in [4.69, 9.17) is 0 Å². The lowest BCUT2D eigenvalue weighted by atomic mass is 9.83. The first-order chi connectivity index (χ1) is 6.97. The maximum atomic E-state index is 11.2. The first-order valence-electron chi connectivity index (χ1n) is 4.78. The van der Waals surface area contributed by atoms with Gasteiger partial charge in [0.05, 0.1) is 5.69 Å². The molecule has 0 unspecified atom stereocenters. The van der Waals surface area contributed by atoms with Crippen molar-refractivity contribution >= 4 is 9.84 Å². The van der Waals surface area contributed by atoms with Crippen molar-refractivity contribution in [1.29, 1.82) is 0 Å². The van der Waals surface area contributed by atoms with E-state index in [-0.39, 0.29) is 11.1 Å². The molecule has 0 radical (unpaired) electrons. The van der Waals surface area contributed by atoms with E-state index in [0.29, 0.717) is 5.69 Å². The lowest BCUT2D eigenvalue weighted by Crippen LogP contribution is -2.20. The van der Waals surface area contributed by atoms with Crippen LogP contribution in [-0.2, 0) is 9.84 Å². The fourth-order valence-electron chi connectivity index (χ4n) is 1.54. The van der Waals surface area contributed by atoms with E-state index in [1.165, 1.54) is 6.07 Å². The van der Waals surface area contributed by atoms with Crippen molar-refractivity contribution in [2.24, 2.45) is 0 Å². The molecule has 82 valence electrons. The molecule has 1 saturated carbocycles. The molecule has 0 bridgehead atoms. The Bertz CT molecular complexity index is 529. The second kappa shape index (κ2) is 3.44. The summed E-state index contributed by atoms with van der Waals surface area (Å²) in [4.78, 5) is 17.5. The van der Waals surface area contributed by atoms with Crippen molar-refractivity contribution in [3.05, 3.63) is 22.1 Å². The van der Waals surface area contributed by atoms with Gasteiger partial charge in [-0.3, -0.25) is 9.78 Å². The molecule has 0 spiro atoms. The second-order valence-electron chi connectivity index (χ2n) is 3.88. The number of nitrogens with one attached hydrogen (secondary N) is 1. The molecule has 1 heterocycles. The summed E-state index contributed by atoms with van der Waals surface area (Å²) in [6.45, 7) is 0. The Labute approximate surface area is 87.5 Å². The number of sulfone groups is 1. The summed E-state index contributed by atoms with van der Waals surface area (Å²) in [5.41, 5.74) is 0.206. The largest absolute Gasteiger partial charge is 0.297 e. The van der Waals surface area contributed by atoms with Crippen molar-refractivity contribution in [3.63, 3.8) is 0 Å². The quantitative estimate of drug-likeness (QED) is 0.745. The van der Waals surface area contributed by atoms with Crippen molar-refractivity contribution in [2.75, 3.05) is 6.26 Å². The summed E-state index contributed by atoms with van der Waals surface area (Å²) in [6.07, 6.45) is 4.13. The Kier molecular flexibility index (Phi) is 2.38. The summed E-state index contributed by atoms with van der Waals surface area (Å²) in [7, 11) is -3.43. The molecule has 2 rings (SSSR count). The monoisotopic (exact) mass is 228 g/mol. The summed E-state index contributed by atoms with van der Waals surface area (Å²) in [6, 6.07) is 1.39. The number of rotatable bonds is 2. The minimum atomic E-state index is -3.43. The van der Waals surface area contributed by atoms with Gasteiger partial charge >= 0.3 is 0 Å². The second-order valence-corrected chi connectivity index (χ2v) is 5.81. The number of H-pyrrole nitrogens is 1. The van der Waals surface area contributed by atoms with Gasteiger partial charge in [0.1, 0.15) is 0 Å². The average molecular weight is 228 g/mol. The van der Waals surface area contributed by atoms with Crippen molar-refractivity contribution in [3.8, 4) is 0 Å². The van der Waals surface area contributed by atoms with Crippen molar-refractivity contribution in [2.45, 2.75) is 30.3 Å². The number of hydrogen-bond donors (Lipinski definition) is 1. The van der Waals surface area contributed by atoms with Gasteiger partial charge in [-0.25, -0.2) is 13.4 Å². The SMILES string of the molecule is CS(=O)(=O)c1nc(C2CCC2)cc(=O)[nH]1. The predicted molar refractivity (Wildman–Crippen MR) is 54.6 cm³/mol. The smallest absolute Gasteiger partial charge is 0.251 e. The number of aromatic amines is 1. The highest BCUT2D eigenvalue weighted by Gasteiger charge is 2.23. The van der Waals surface area contributed by atoms with Crippen LogP contribution in [0.5, 0.6) is 0 Å². The van der Waals surface area contributed by atoms with E-state index >= 15 is 0 Å². The van der Waals surface area contributed by atoms with Crippen LogP contribution in [0.1, 0.15) is 30.9 Å². The number of nitrogens with zero attached hydrogens (tertiary/aromatic N) is 1. The minimum absolute atomic E-state index is 0.225. The molecular formula is C9H12N2O3S. The molecule has 0 aromatic carbocycles. The standard InChI is InChI=1S/C9H12N2O3S/c1-15(13,14)9-10-7(5-8(12)11-9)6-3-2-4-6/h5-6H,2-4H2,1H3,(H,10,11,12). The van der Waals surface area contributed by atoms with E-state index in [2.05, 4.69) is 9.97 Å². The lowest BCUT2D eigenvalue weighted by Gasteiger charge is -2.24. The van der Waals surface area contributed by atoms with Gasteiger partial charge in [-0.05, 0) is 12.8 Å². The zero-order valence-corrected chi connectivity index (χ0v) is 9.17. The Hall–Kier alpha value is -1.17. The van der Waals surface area contributed by atoms with Gasteiger partial charge in [-0.2, -0.15) is 0 Å². The normalized spacial score (nSPS) is 17.4. The average Bonchev–Trinajstić information content (AvgIpc) is 1.97. The van der Waals surface area contributed by atoms with Crippen LogP contribution in [0.3, 0.4) is 0 Å². The topological polar surface area (TPSA) is 79.9 Å². The van der Waals surface area contributed by atoms with E-state index in [0.717, 1.165) is 25.5 Å². The van der Waals surface area contributed by atoms with Crippen LogP contribution in [0, 0.1) is 0 Å². The molecule has 5 nitrogen and oxygen atoms in total. The maximum absolute atomic E-state index is 11.2. The predicted octanol–water partition coefficient (Wildman–Crippen LogP) is 0.441. The molecule has 0 aliphatic heterocycles. The highest BCUT2D eigenvalue weighted by atomic mass is 32.2. The molecular weight excluding hydrogens is 216 g/mol. The Balaban J connectivity index is 2.50. The Morgan fingerprint density at radius 1 is 1.47 bits per heavy atom. The Morgan fingerprint density at radius 3 is 2.60 bits per heavy atom. The molecule has 1 fully saturated rings. The molecule has 1 N–H and O–H groups in total. The lowest BCUT2D eigenvalue weighted by molar-refractivity contribution is 0.407. The minimum Gasteiger partial charge on any atom is -0.297 e. The van der Waals surface area contributed by atoms with Crippen LogP contribution in [-0.4, -0.2) is 24.6 Å². The molecule has 6 heteroatoms. The van der Waals surface area contributed by atoms with Gasteiger partial charge in [0.25, 0.3) is 5.56 Å². The van der Waals surface area contributed by atoms with E-state index in [9.17, 15) is 13.2 Å². The van der Waals surface area contributed by atoms with E-state index in [1.807, 2.05) is 0 Å². The highest BCUT2D eigenvalue weighted by Crippen LogP contribution is 2.34. The molecule has 15 heavy (non-hydrogen) atoms. The molecule has 1 aromatic rings. The third-order valence-corrected chi connectivity index (χ3v) is 3.51. The zero-order chi connectivity index (χ0) is 11.1. The summed E-state index contributed by atoms with van der Waals surface area (Å²) in [5.74, 6) is 0.257. The fourth-order valence-corrected chi connectivity index (χ4v) is 2.10. The van der Waals surface area contributed by atoms with E-state index in [1.54, 1.807) is 0 Å². The molecule has 0 saturated heterocycles. The maximum Gasteiger partial charge on any atom is 0.251 e. The summed E-state index contributed by atoms with van der Waals surface area (Å²) < 4.78 is 22.5. The Morgan fingerprint density at radius 2 is 2.13 bits per heavy atom. The summed E-state index contributed by atoms with van der Waals surface area (Å²) >= 11 is 0. The van der Waals surface area contributed by atoms with Crippen molar-refractivity contribution in [1.82, 2.24) is 9.97 Å². The van der Waals surface area contributed by atoms with Crippen LogP contribution in [0.15, 0.2) is 16.0 Å². The first-order valence-corrected chi connectivity index (χ1v) is 6.67.